The van der Waals surface area contributed by atoms with Gasteiger partial charge in [-0.15, -0.1) is 11.6 Å². The fourth-order valence-electron chi connectivity index (χ4n) is 2.11. The lowest BCUT2D eigenvalue weighted by atomic mass is 10.0. The molecule has 20 heavy (non-hydrogen) atoms. The van der Waals surface area contributed by atoms with Crippen LogP contribution < -0.4 is 0 Å². The number of nitrogens with zero attached hydrogens (tertiary/aromatic N) is 3. The summed E-state index contributed by atoms with van der Waals surface area (Å²) in [6, 6.07) is 6.35. The van der Waals surface area contributed by atoms with Gasteiger partial charge in [-0.1, -0.05) is 23.9 Å². The van der Waals surface area contributed by atoms with E-state index in [2.05, 4.69) is 4.99 Å². The lowest BCUT2D eigenvalue weighted by molar-refractivity contribution is -0.385. The molecule has 1 aromatic rings. The topological polar surface area (TPSA) is 58.7 Å². The molecule has 2 heterocycles. The Hall–Kier alpha value is -1.79. The fraction of sp³-hybridized carbons (Fsp3) is 0.154. The first-order chi connectivity index (χ1) is 9.70. The summed E-state index contributed by atoms with van der Waals surface area (Å²) in [4.78, 5) is 17.2. The molecule has 2 aliphatic rings. The summed E-state index contributed by atoms with van der Waals surface area (Å²) >= 11 is 7.33. The highest BCUT2D eigenvalue weighted by molar-refractivity contribution is 8.16. The second kappa shape index (κ2) is 5.30. The van der Waals surface area contributed by atoms with Gasteiger partial charge in [-0.2, -0.15) is 0 Å². The van der Waals surface area contributed by atoms with Crippen LogP contribution in [0.5, 0.6) is 0 Å². The maximum absolute atomic E-state index is 11.1. The third-order valence-electron chi connectivity index (χ3n) is 3.07. The zero-order valence-electron chi connectivity index (χ0n) is 10.3. The highest BCUT2D eigenvalue weighted by atomic mass is 35.5. The maximum Gasteiger partial charge on any atom is 0.275 e. The Morgan fingerprint density at radius 3 is 3.00 bits per heavy atom. The van der Waals surface area contributed by atoms with Crippen LogP contribution in [0.1, 0.15) is 11.6 Å². The van der Waals surface area contributed by atoms with Crippen molar-refractivity contribution in [3.05, 3.63) is 63.3 Å². The van der Waals surface area contributed by atoms with Gasteiger partial charge < -0.3 is 0 Å². The van der Waals surface area contributed by atoms with Crippen LogP contribution in [0, 0.1) is 10.1 Å². The minimum Gasteiger partial charge on any atom is -0.299 e. The van der Waals surface area contributed by atoms with Gasteiger partial charge in [0.05, 0.1) is 16.4 Å². The molecule has 1 aromatic carbocycles. The highest BCUT2D eigenvalue weighted by Gasteiger charge is 2.27. The summed E-state index contributed by atoms with van der Waals surface area (Å²) < 4.78 is 0. The summed E-state index contributed by atoms with van der Waals surface area (Å²) in [7, 11) is 0. The Labute approximate surface area is 124 Å². The number of para-hydroxylation sites is 1. The van der Waals surface area contributed by atoms with E-state index in [1.807, 2.05) is 22.6 Å². The van der Waals surface area contributed by atoms with Crippen LogP contribution in [0.25, 0.3) is 0 Å². The molecule has 0 radical (unpaired) electrons. The zero-order valence-corrected chi connectivity index (χ0v) is 11.8. The number of rotatable bonds is 3. The van der Waals surface area contributed by atoms with Crippen molar-refractivity contribution in [2.24, 2.45) is 4.99 Å². The predicted octanol–water partition coefficient (Wildman–Crippen LogP) is 3.65. The van der Waals surface area contributed by atoms with E-state index in [1.165, 1.54) is 17.8 Å². The molecule has 0 saturated carbocycles. The van der Waals surface area contributed by atoms with Gasteiger partial charge in [0.25, 0.3) is 5.69 Å². The fourth-order valence-corrected chi connectivity index (χ4v) is 3.31. The van der Waals surface area contributed by atoms with Crippen LogP contribution in [0.3, 0.4) is 0 Å². The number of halogens is 1. The van der Waals surface area contributed by atoms with E-state index < -0.39 is 0 Å². The summed E-state index contributed by atoms with van der Waals surface area (Å²) in [5.41, 5.74) is 1.65. The Balaban J connectivity index is 1.94. The summed E-state index contributed by atoms with van der Waals surface area (Å²) in [5.74, 6) is 0.409. The van der Waals surface area contributed by atoms with Crippen molar-refractivity contribution in [3.63, 3.8) is 0 Å². The molecule has 5 nitrogen and oxygen atoms in total. The molecule has 0 saturated heterocycles. The Bertz CT molecular complexity index is 657. The molecule has 102 valence electrons. The Kier molecular flexibility index (Phi) is 3.50. The van der Waals surface area contributed by atoms with E-state index in [4.69, 9.17) is 11.6 Å². The minimum atomic E-state index is -0.375. The van der Waals surface area contributed by atoms with E-state index in [9.17, 15) is 10.1 Å². The molecule has 0 N–H and O–H groups in total. The van der Waals surface area contributed by atoms with Gasteiger partial charge in [0, 0.05) is 23.4 Å². The summed E-state index contributed by atoms with van der Waals surface area (Å²) in [6.07, 6.45) is 3.72. The van der Waals surface area contributed by atoms with E-state index in [0.717, 1.165) is 10.9 Å². The molecule has 0 amide bonds. The van der Waals surface area contributed by atoms with Crippen molar-refractivity contribution in [2.75, 3.05) is 5.88 Å². The van der Waals surface area contributed by atoms with Gasteiger partial charge in [0.2, 0.25) is 0 Å². The lowest BCUT2D eigenvalue weighted by Gasteiger charge is -2.23. The molecule has 0 spiro atoms. The number of nitro benzene ring substituents is 1. The van der Waals surface area contributed by atoms with Crippen molar-refractivity contribution in [3.8, 4) is 0 Å². The van der Waals surface area contributed by atoms with E-state index in [0.29, 0.717) is 11.4 Å². The summed E-state index contributed by atoms with van der Waals surface area (Å²) in [6.45, 7) is 0. The lowest BCUT2D eigenvalue weighted by Crippen LogP contribution is -2.22. The molecule has 0 fully saturated rings. The van der Waals surface area contributed by atoms with E-state index >= 15 is 0 Å². The normalized spacial score (nSPS) is 20.4. The molecular formula is C13H10ClN3O2S. The summed E-state index contributed by atoms with van der Waals surface area (Å²) in [5, 5.41) is 13.8. The molecular weight excluding hydrogens is 298 g/mol. The number of fused-ring (bicyclic) bond motifs is 1. The molecule has 2 aliphatic heterocycles. The first kappa shape index (κ1) is 13.2. The molecule has 0 aliphatic carbocycles. The van der Waals surface area contributed by atoms with Crippen LogP contribution in [0.2, 0.25) is 0 Å². The van der Waals surface area contributed by atoms with Crippen LogP contribution in [-0.4, -0.2) is 20.9 Å². The monoisotopic (exact) mass is 307 g/mol. The predicted molar refractivity (Wildman–Crippen MR) is 80.6 cm³/mol. The number of hydrogen-bond acceptors (Lipinski definition) is 5. The first-order valence-electron chi connectivity index (χ1n) is 5.91. The largest absolute Gasteiger partial charge is 0.299 e. The number of benzene rings is 1. The van der Waals surface area contributed by atoms with Crippen molar-refractivity contribution >= 4 is 34.2 Å². The molecule has 3 rings (SSSR count). The van der Waals surface area contributed by atoms with Crippen molar-refractivity contribution in [1.29, 1.82) is 0 Å². The Morgan fingerprint density at radius 1 is 1.45 bits per heavy atom. The quantitative estimate of drug-likeness (QED) is 0.486. The van der Waals surface area contributed by atoms with Gasteiger partial charge in [-0.25, -0.2) is 4.99 Å². The number of alkyl halides is 1. The van der Waals surface area contributed by atoms with Crippen LogP contribution in [-0.2, 0) is 0 Å². The third kappa shape index (κ3) is 2.21. The second-order valence-electron chi connectivity index (χ2n) is 4.24. The van der Waals surface area contributed by atoms with Gasteiger partial charge in [0.15, 0.2) is 5.17 Å². The highest BCUT2D eigenvalue weighted by Crippen LogP contribution is 2.36. The molecule has 0 bridgehead atoms. The molecule has 7 heteroatoms. The number of allylic oxidation sites excluding steroid dienone is 1. The molecule has 1 unspecified atom stereocenters. The standard InChI is InChI=1S/C13H10ClN3O2S/c14-7-9-8-20-13-15-11(5-6-16(9)13)10-3-1-2-4-12(10)17(18)19/h1-6,8,11H,7H2. The van der Waals surface area contributed by atoms with Crippen LogP contribution in [0.4, 0.5) is 5.69 Å². The van der Waals surface area contributed by atoms with Gasteiger partial charge >= 0.3 is 0 Å². The zero-order chi connectivity index (χ0) is 14.1. The number of thioether (sulfide) groups is 1. The maximum atomic E-state index is 11.1. The van der Waals surface area contributed by atoms with E-state index in [1.54, 1.807) is 18.2 Å². The SMILES string of the molecule is O=[N+]([O-])c1ccccc1C1C=CN2C(CCl)=CSC2=N1. The number of amidine groups is 1. The van der Waals surface area contributed by atoms with Crippen LogP contribution in [0.15, 0.2) is 52.6 Å². The van der Waals surface area contributed by atoms with Crippen LogP contribution >= 0.6 is 23.4 Å². The molecule has 1 atom stereocenters. The average molecular weight is 308 g/mol. The number of nitro groups is 1. The Morgan fingerprint density at radius 2 is 2.25 bits per heavy atom. The molecule has 0 aromatic heterocycles. The van der Waals surface area contributed by atoms with Crippen molar-refractivity contribution in [2.45, 2.75) is 6.04 Å². The van der Waals surface area contributed by atoms with Crippen molar-refractivity contribution in [1.82, 2.24) is 4.90 Å². The number of hydrogen-bond donors (Lipinski definition) is 0. The van der Waals surface area contributed by atoms with Crippen molar-refractivity contribution < 1.29 is 4.92 Å². The van der Waals surface area contributed by atoms with Gasteiger partial charge in [0.1, 0.15) is 6.04 Å². The second-order valence-corrected chi connectivity index (χ2v) is 5.35. The smallest absolute Gasteiger partial charge is 0.275 e. The first-order valence-corrected chi connectivity index (χ1v) is 7.32. The van der Waals surface area contributed by atoms with E-state index in [-0.39, 0.29) is 16.7 Å². The van der Waals surface area contributed by atoms with Gasteiger partial charge in [-0.05, 0) is 12.1 Å². The number of aliphatic imine (C=N–C) groups is 1. The average Bonchev–Trinajstić information content (AvgIpc) is 2.89. The minimum absolute atomic E-state index is 0.0912. The van der Waals surface area contributed by atoms with Gasteiger partial charge in [-0.3, -0.25) is 15.0 Å². The third-order valence-corrected chi connectivity index (χ3v) is 4.25.